The molecule has 0 aliphatic rings. The van der Waals surface area contributed by atoms with Gasteiger partial charge in [0.15, 0.2) is 11.5 Å². The fraction of sp³-hybridized carbons (Fsp3) is 0.308. The summed E-state index contributed by atoms with van der Waals surface area (Å²) in [6.45, 7) is 5.52. The van der Waals surface area contributed by atoms with Crippen molar-refractivity contribution in [3.05, 3.63) is 93.7 Å². The molecular weight excluding hydrogens is 457 g/mol. The van der Waals surface area contributed by atoms with Crippen molar-refractivity contribution in [3.63, 3.8) is 0 Å². The third-order valence-electron chi connectivity index (χ3n) is 5.06. The molecule has 0 saturated heterocycles. The average Bonchev–Trinajstić information content (AvgIpc) is 2.77. The molecule has 3 nitrogen and oxygen atoms in total. The topological polar surface area (TPSA) is 30.5 Å². The fourth-order valence-corrected chi connectivity index (χ4v) is 3.92. The number of hydrogen-bond acceptors (Lipinski definition) is 3. The monoisotopic (exact) mass is 485 g/mol. The quantitative estimate of drug-likeness (QED) is 0.328. The van der Waals surface area contributed by atoms with Crippen molar-refractivity contribution in [3.8, 4) is 11.5 Å². The Kier molecular flexibility index (Phi) is 8.92. The first-order valence-corrected chi connectivity index (χ1v) is 11.4. The first-order chi connectivity index (χ1) is 15.1. The number of aryl methyl sites for hydroxylation is 1. The minimum Gasteiger partial charge on any atom is -0.490 e. The van der Waals surface area contributed by atoms with Gasteiger partial charge >= 0.3 is 0 Å². The van der Waals surface area contributed by atoms with Crippen molar-refractivity contribution in [2.24, 2.45) is 0 Å². The lowest BCUT2D eigenvalue weighted by atomic mass is 10.1. The highest BCUT2D eigenvalue weighted by Crippen LogP contribution is 2.37. The molecule has 1 unspecified atom stereocenters. The predicted molar refractivity (Wildman–Crippen MR) is 127 cm³/mol. The van der Waals surface area contributed by atoms with Crippen LogP contribution in [0, 0.1) is 5.82 Å². The number of ether oxygens (including phenoxy) is 2. The minimum absolute atomic E-state index is 0.138. The first-order valence-electron chi connectivity index (χ1n) is 10.7. The SMILES string of the molecule is CCOc1cc(CNC(C)CCc2ccccc2)cc(Br)c1OCc1ccccc1F. The second-order valence-electron chi connectivity index (χ2n) is 7.52. The molecule has 3 aromatic carbocycles. The Hall–Kier alpha value is -2.37. The number of hydrogen-bond donors (Lipinski definition) is 1. The summed E-state index contributed by atoms with van der Waals surface area (Å²) in [5.41, 5.74) is 2.96. The summed E-state index contributed by atoms with van der Waals surface area (Å²) >= 11 is 3.60. The van der Waals surface area contributed by atoms with E-state index in [2.05, 4.69) is 52.4 Å². The molecule has 164 valence electrons. The highest BCUT2D eigenvalue weighted by Gasteiger charge is 2.14. The third-order valence-corrected chi connectivity index (χ3v) is 5.65. The molecule has 31 heavy (non-hydrogen) atoms. The van der Waals surface area contributed by atoms with Crippen molar-refractivity contribution in [2.75, 3.05) is 6.61 Å². The van der Waals surface area contributed by atoms with Crippen LogP contribution in [0.15, 0.2) is 71.2 Å². The van der Waals surface area contributed by atoms with E-state index >= 15 is 0 Å². The van der Waals surface area contributed by atoms with Crippen LogP contribution < -0.4 is 14.8 Å². The van der Waals surface area contributed by atoms with Crippen LogP contribution in [0.1, 0.15) is 37.0 Å². The molecule has 0 heterocycles. The molecule has 0 bridgehead atoms. The highest BCUT2D eigenvalue weighted by molar-refractivity contribution is 9.10. The van der Waals surface area contributed by atoms with Crippen molar-refractivity contribution in [1.29, 1.82) is 0 Å². The summed E-state index contributed by atoms with van der Waals surface area (Å²) < 4.78 is 26.5. The van der Waals surface area contributed by atoms with Gasteiger partial charge in [-0.15, -0.1) is 0 Å². The van der Waals surface area contributed by atoms with Gasteiger partial charge in [-0.2, -0.15) is 0 Å². The van der Waals surface area contributed by atoms with E-state index in [1.165, 1.54) is 11.6 Å². The van der Waals surface area contributed by atoms with Gasteiger partial charge in [0.25, 0.3) is 0 Å². The van der Waals surface area contributed by atoms with Crippen molar-refractivity contribution >= 4 is 15.9 Å². The Morgan fingerprint density at radius 2 is 1.71 bits per heavy atom. The van der Waals surface area contributed by atoms with Crippen LogP contribution in [0.3, 0.4) is 0 Å². The molecule has 0 radical (unpaired) electrons. The van der Waals surface area contributed by atoms with E-state index in [9.17, 15) is 4.39 Å². The van der Waals surface area contributed by atoms with E-state index in [0.717, 1.165) is 29.4 Å². The molecule has 1 N–H and O–H groups in total. The Balaban J connectivity index is 1.61. The fourth-order valence-electron chi connectivity index (χ4n) is 3.31. The highest BCUT2D eigenvalue weighted by atomic mass is 79.9. The van der Waals surface area contributed by atoms with Gasteiger partial charge < -0.3 is 14.8 Å². The van der Waals surface area contributed by atoms with E-state index in [1.54, 1.807) is 18.2 Å². The van der Waals surface area contributed by atoms with Crippen molar-refractivity contribution in [2.45, 2.75) is 45.9 Å². The molecule has 0 amide bonds. The van der Waals surface area contributed by atoms with Crippen LogP contribution in [0.25, 0.3) is 0 Å². The Morgan fingerprint density at radius 3 is 2.45 bits per heavy atom. The minimum atomic E-state index is -0.276. The maximum absolute atomic E-state index is 13.9. The summed E-state index contributed by atoms with van der Waals surface area (Å²) in [5.74, 6) is 0.967. The molecule has 0 saturated carbocycles. The van der Waals surface area contributed by atoms with Gasteiger partial charge in [0, 0.05) is 18.2 Å². The first kappa shape index (κ1) is 23.3. The van der Waals surface area contributed by atoms with Gasteiger partial charge in [-0.1, -0.05) is 48.5 Å². The normalized spacial score (nSPS) is 11.9. The number of benzene rings is 3. The standard InChI is InChI=1S/C26H29BrFNO2/c1-3-30-25-16-21(17-29-19(2)13-14-20-9-5-4-6-10-20)15-23(27)26(25)31-18-22-11-7-8-12-24(22)28/h4-12,15-16,19,29H,3,13-14,17-18H2,1-2H3. The van der Waals surface area contributed by atoms with Gasteiger partial charge in [-0.3, -0.25) is 0 Å². The van der Waals surface area contributed by atoms with Gasteiger partial charge in [0.2, 0.25) is 0 Å². The lowest BCUT2D eigenvalue weighted by Gasteiger charge is -2.18. The molecule has 0 aromatic heterocycles. The van der Waals surface area contributed by atoms with Gasteiger partial charge in [0.1, 0.15) is 12.4 Å². The zero-order valence-electron chi connectivity index (χ0n) is 18.0. The van der Waals surface area contributed by atoms with Gasteiger partial charge in [-0.05, 0) is 71.9 Å². The second-order valence-corrected chi connectivity index (χ2v) is 8.38. The van der Waals surface area contributed by atoms with Crippen molar-refractivity contribution < 1.29 is 13.9 Å². The van der Waals surface area contributed by atoms with E-state index in [-0.39, 0.29) is 12.4 Å². The molecule has 0 aliphatic carbocycles. The van der Waals surface area contributed by atoms with Crippen molar-refractivity contribution in [1.82, 2.24) is 5.32 Å². The molecule has 0 fully saturated rings. The average molecular weight is 486 g/mol. The van der Waals surface area contributed by atoms with E-state index in [0.29, 0.717) is 29.7 Å². The van der Waals surface area contributed by atoms with E-state index in [1.807, 2.05) is 25.1 Å². The molecule has 0 aliphatic heterocycles. The lowest BCUT2D eigenvalue weighted by Crippen LogP contribution is -2.26. The van der Waals surface area contributed by atoms with Crippen LogP contribution >= 0.6 is 15.9 Å². The molecular formula is C26H29BrFNO2. The largest absolute Gasteiger partial charge is 0.490 e. The summed E-state index contributed by atoms with van der Waals surface area (Å²) in [5, 5.41) is 3.58. The maximum atomic E-state index is 13.9. The smallest absolute Gasteiger partial charge is 0.175 e. The van der Waals surface area contributed by atoms with Crippen LogP contribution in [0.5, 0.6) is 11.5 Å². The summed E-state index contributed by atoms with van der Waals surface area (Å²) in [6.07, 6.45) is 2.11. The number of rotatable bonds is 11. The van der Waals surface area contributed by atoms with Crippen LogP contribution in [0.4, 0.5) is 4.39 Å². The molecule has 3 rings (SSSR count). The molecule has 1 atom stereocenters. The Morgan fingerprint density at radius 1 is 0.968 bits per heavy atom. The molecule has 3 aromatic rings. The Labute approximate surface area is 192 Å². The lowest BCUT2D eigenvalue weighted by molar-refractivity contribution is 0.264. The number of halogens is 2. The van der Waals surface area contributed by atoms with Crippen LogP contribution in [-0.4, -0.2) is 12.6 Å². The van der Waals surface area contributed by atoms with E-state index in [4.69, 9.17) is 9.47 Å². The third kappa shape index (κ3) is 7.08. The summed E-state index contributed by atoms with van der Waals surface area (Å²) in [6, 6.07) is 21.6. The van der Waals surface area contributed by atoms with Crippen LogP contribution in [-0.2, 0) is 19.6 Å². The van der Waals surface area contributed by atoms with Gasteiger partial charge in [0.05, 0.1) is 11.1 Å². The second kappa shape index (κ2) is 11.9. The van der Waals surface area contributed by atoms with Gasteiger partial charge in [-0.25, -0.2) is 4.39 Å². The summed E-state index contributed by atoms with van der Waals surface area (Å²) in [4.78, 5) is 0. The van der Waals surface area contributed by atoms with Crippen LogP contribution in [0.2, 0.25) is 0 Å². The maximum Gasteiger partial charge on any atom is 0.175 e. The summed E-state index contributed by atoms with van der Waals surface area (Å²) in [7, 11) is 0. The van der Waals surface area contributed by atoms with E-state index < -0.39 is 0 Å². The zero-order valence-corrected chi connectivity index (χ0v) is 19.6. The molecule has 0 spiro atoms. The predicted octanol–water partition coefficient (Wildman–Crippen LogP) is 6.68. The number of nitrogens with one attached hydrogen (secondary N) is 1. The molecule has 5 heteroatoms. The Bertz CT molecular complexity index is 965. The zero-order chi connectivity index (χ0) is 22.1.